The molecule has 1 aliphatic heterocycles. The zero-order chi connectivity index (χ0) is 31.6. The van der Waals surface area contributed by atoms with Gasteiger partial charge in [-0.05, 0) is 65.1 Å². The van der Waals surface area contributed by atoms with E-state index in [-0.39, 0.29) is 22.9 Å². The van der Waals surface area contributed by atoms with Crippen LogP contribution in [-0.2, 0) is 16.6 Å². The Morgan fingerprint density at radius 3 is 2.38 bits per heavy atom. The Kier molecular flexibility index (Phi) is 8.32. The lowest BCUT2D eigenvalue weighted by Crippen LogP contribution is -2.40. The molecule has 0 saturated carbocycles. The molecule has 2 amide bonds. The van der Waals surface area contributed by atoms with Crippen LogP contribution in [0.2, 0.25) is 0 Å². The fraction of sp³-hybridized carbons (Fsp3) is 0.257. The van der Waals surface area contributed by atoms with Crippen LogP contribution in [0.4, 0.5) is 21.6 Å². The van der Waals surface area contributed by atoms with Crippen molar-refractivity contribution in [1.82, 2.24) is 19.3 Å². The van der Waals surface area contributed by atoms with Crippen molar-refractivity contribution in [2.24, 2.45) is 0 Å². The van der Waals surface area contributed by atoms with Gasteiger partial charge in [-0.3, -0.25) is 9.59 Å². The first-order chi connectivity index (χ1) is 21.6. The fourth-order valence-electron chi connectivity index (χ4n) is 5.24. The highest BCUT2D eigenvalue weighted by molar-refractivity contribution is 6.04. The van der Waals surface area contributed by atoms with Gasteiger partial charge in [-0.15, -0.1) is 0 Å². The van der Waals surface area contributed by atoms with Gasteiger partial charge in [-0.1, -0.05) is 39.0 Å². The maximum absolute atomic E-state index is 14.8. The van der Waals surface area contributed by atoms with Crippen molar-refractivity contribution in [3.05, 3.63) is 119 Å². The minimum absolute atomic E-state index is 0.0195. The minimum Gasteiger partial charge on any atom is -0.378 e. The molecular formula is C35H35FN6O3. The van der Waals surface area contributed by atoms with Crippen molar-refractivity contribution < 1.29 is 18.7 Å². The number of carbonyl (C=O) groups excluding carboxylic acids is 2. The molecule has 1 aliphatic rings. The molecule has 1 fully saturated rings. The summed E-state index contributed by atoms with van der Waals surface area (Å²) in [5.41, 5.74) is 5.12. The number of carbonyl (C=O) groups is 2. The summed E-state index contributed by atoms with van der Waals surface area (Å²) in [6.07, 6.45) is 5.78. The molecule has 10 heteroatoms. The van der Waals surface area contributed by atoms with Crippen LogP contribution in [0.25, 0.3) is 5.65 Å². The van der Waals surface area contributed by atoms with E-state index >= 15 is 0 Å². The molecule has 0 bridgehead atoms. The maximum Gasteiger partial charge on any atom is 0.255 e. The van der Waals surface area contributed by atoms with Gasteiger partial charge in [-0.25, -0.2) is 14.4 Å². The van der Waals surface area contributed by atoms with Crippen LogP contribution in [0.15, 0.2) is 85.3 Å². The molecule has 0 atom stereocenters. The topological polar surface area (TPSA) is 101 Å². The number of imidazole rings is 1. The van der Waals surface area contributed by atoms with Crippen molar-refractivity contribution in [2.45, 2.75) is 32.6 Å². The summed E-state index contributed by atoms with van der Waals surface area (Å²) in [6, 6.07) is 19.3. The van der Waals surface area contributed by atoms with Crippen molar-refractivity contribution >= 4 is 34.7 Å². The van der Waals surface area contributed by atoms with Gasteiger partial charge in [0.25, 0.3) is 11.8 Å². The second-order valence-electron chi connectivity index (χ2n) is 12.1. The van der Waals surface area contributed by atoms with Crippen molar-refractivity contribution in [2.75, 3.05) is 36.9 Å². The lowest BCUT2D eigenvalue weighted by molar-refractivity contribution is 0.0303. The molecule has 1 saturated heterocycles. The molecule has 2 N–H and O–H groups in total. The highest BCUT2D eigenvalue weighted by atomic mass is 19.1. The van der Waals surface area contributed by atoms with E-state index in [1.165, 1.54) is 6.07 Å². The maximum atomic E-state index is 14.8. The number of morpholine rings is 1. The van der Waals surface area contributed by atoms with Crippen LogP contribution in [0.5, 0.6) is 0 Å². The third kappa shape index (κ3) is 6.86. The fourth-order valence-corrected chi connectivity index (χ4v) is 5.24. The highest BCUT2D eigenvalue weighted by Gasteiger charge is 2.19. The molecule has 0 spiro atoms. The highest BCUT2D eigenvalue weighted by Crippen LogP contribution is 2.25. The molecule has 0 radical (unpaired) electrons. The number of halogens is 1. The number of rotatable bonds is 7. The SMILES string of the molecule is CC(C)(C)c1ccc(C(=O)Nc2cc(Cc3cn4ccnc4c(Nc4ccc(C(=O)N5CCOCC5)cc4)n3)ccc2F)cc1. The molecule has 0 unspecified atom stereocenters. The number of ether oxygens (including phenoxy) is 1. The normalized spacial score (nSPS) is 13.6. The first-order valence-electron chi connectivity index (χ1n) is 14.9. The summed E-state index contributed by atoms with van der Waals surface area (Å²) in [4.78, 5) is 36.8. The largest absolute Gasteiger partial charge is 0.378 e. The summed E-state index contributed by atoms with van der Waals surface area (Å²) >= 11 is 0. The van der Waals surface area contributed by atoms with Gasteiger partial charge >= 0.3 is 0 Å². The number of hydrogen-bond acceptors (Lipinski definition) is 6. The van der Waals surface area contributed by atoms with Crippen molar-refractivity contribution in [1.29, 1.82) is 0 Å². The molecule has 2 aromatic heterocycles. The van der Waals surface area contributed by atoms with E-state index in [4.69, 9.17) is 9.72 Å². The third-order valence-electron chi connectivity index (χ3n) is 7.79. The van der Waals surface area contributed by atoms with Crippen molar-refractivity contribution in [3.63, 3.8) is 0 Å². The van der Waals surface area contributed by atoms with Crippen LogP contribution in [0.3, 0.4) is 0 Å². The predicted molar refractivity (Wildman–Crippen MR) is 172 cm³/mol. The third-order valence-corrected chi connectivity index (χ3v) is 7.79. The number of amides is 2. The van der Waals surface area contributed by atoms with Gasteiger partial charge in [0.15, 0.2) is 11.5 Å². The number of nitrogens with zero attached hydrogens (tertiary/aromatic N) is 4. The number of aromatic nitrogens is 3. The van der Waals surface area contributed by atoms with Gasteiger partial charge in [0.1, 0.15) is 5.82 Å². The van der Waals surface area contributed by atoms with Crippen LogP contribution in [0.1, 0.15) is 58.3 Å². The van der Waals surface area contributed by atoms with E-state index in [2.05, 4.69) is 36.4 Å². The van der Waals surface area contributed by atoms with E-state index < -0.39 is 5.82 Å². The predicted octanol–water partition coefficient (Wildman–Crippen LogP) is 6.23. The van der Waals surface area contributed by atoms with E-state index in [0.717, 1.165) is 16.8 Å². The first-order valence-corrected chi connectivity index (χ1v) is 14.9. The molecular weight excluding hydrogens is 571 g/mol. The molecule has 0 aliphatic carbocycles. The van der Waals surface area contributed by atoms with E-state index in [1.54, 1.807) is 47.5 Å². The second kappa shape index (κ2) is 12.5. The Bertz CT molecular complexity index is 1840. The van der Waals surface area contributed by atoms with Crippen LogP contribution in [-0.4, -0.2) is 57.4 Å². The van der Waals surface area contributed by atoms with Crippen LogP contribution >= 0.6 is 0 Å². The molecule has 9 nitrogen and oxygen atoms in total. The van der Waals surface area contributed by atoms with Crippen LogP contribution < -0.4 is 10.6 Å². The summed E-state index contributed by atoms with van der Waals surface area (Å²) in [5.74, 6) is -0.379. The summed E-state index contributed by atoms with van der Waals surface area (Å²) < 4.78 is 22.0. The lowest BCUT2D eigenvalue weighted by atomic mass is 9.87. The average molecular weight is 607 g/mol. The van der Waals surface area contributed by atoms with E-state index in [1.807, 2.05) is 41.1 Å². The van der Waals surface area contributed by atoms with Crippen LogP contribution in [0, 0.1) is 5.82 Å². The number of nitrogens with one attached hydrogen (secondary N) is 2. The zero-order valence-electron chi connectivity index (χ0n) is 25.5. The van der Waals surface area contributed by atoms with Gasteiger partial charge in [0, 0.05) is 54.9 Å². The summed E-state index contributed by atoms with van der Waals surface area (Å²) in [5, 5.41) is 6.05. The lowest BCUT2D eigenvalue weighted by Gasteiger charge is -2.26. The molecule has 230 valence electrons. The van der Waals surface area contributed by atoms with Crippen molar-refractivity contribution in [3.8, 4) is 0 Å². The van der Waals surface area contributed by atoms with E-state index in [0.29, 0.717) is 61.0 Å². The first kappa shape index (κ1) is 30.0. The molecule has 3 aromatic carbocycles. The molecule has 5 aromatic rings. The zero-order valence-corrected chi connectivity index (χ0v) is 25.5. The Labute approximate surface area is 261 Å². The molecule has 3 heterocycles. The van der Waals surface area contributed by atoms with Gasteiger partial charge in [-0.2, -0.15) is 0 Å². The molecule has 6 rings (SSSR count). The Morgan fingerprint density at radius 2 is 1.67 bits per heavy atom. The van der Waals surface area contributed by atoms with Gasteiger partial charge < -0.3 is 24.7 Å². The summed E-state index contributed by atoms with van der Waals surface area (Å²) in [7, 11) is 0. The number of anilines is 3. The Hall–Kier alpha value is -5.09. The number of fused-ring (bicyclic) bond motifs is 1. The quantitative estimate of drug-likeness (QED) is 0.228. The number of hydrogen-bond donors (Lipinski definition) is 2. The Morgan fingerprint density at radius 1 is 0.956 bits per heavy atom. The Balaban J connectivity index is 1.18. The van der Waals surface area contributed by atoms with E-state index in [9.17, 15) is 14.0 Å². The van der Waals surface area contributed by atoms with Gasteiger partial charge in [0.2, 0.25) is 0 Å². The monoisotopic (exact) mass is 606 g/mol. The van der Waals surface area contributed by atoms with Gasteiger partial charge in [0.05, 0.1) is 24.6 Å². The average Bonchev–Trinajstić information content (AvgIpc) is 3.52. The summed E-state index contributed by atoms with van der Waals surface area (Å²) in [6.45, 7) is 8.59. The standard InChI is InChI=1S/C35H35FN6O3/c1-35(2,3)26-9-5-24(6-10-26)33(43)40-30-21-23(4-13-29(30)36)20-28-22-42-15-14-37-32(42)31(39-28)38-27-11-7-25(8-12-27)34(44)41-16-18-45-19-17-41/h4-15,21-22H,16-20H2,1-3H3,(H,38,39)(H,40,43). The smallest absolute Gasteiger partial charge is 0.255 e. The second-order valence-corrected chi connectivity index (χ2v) is 12.1. The minimum atomic E-state index is -0.519. The number of benzene rings is 3. The molecule has 45 heavy (non-hydrogen) atoms.